The van der Waals surface area contributed by atoms with Gasteiger partial charge in [0.05, 0.1) is 4.90 Å². The van der Waals surface area contributed by atoms with Crippen molar-refractivity contribution >= 4 is 27.6 Å². The maximum Gasteiger partial charge on any atom is 0.257 e. The predicted molar refractivity (Wildman–Crippen MR) is 74.4 cm³/mol. The third kappa shape index (κ3) is 2.13. The molecule has 1 aromatic heterocycles. The average molecular weight is 305 g/mol. The van der Waals surface area contributed by atoms with Crippen LogP contribution < -0.4 is 5.32 Å². The van der Waals surface area contributed by atoms with E-state index in [0.29, 0.717) is 16.8 Å². The Morgan fingerprint density at radius 3 is 2.67 bits per heavy atom. The first-order valence-electron chi connectivity index (χ1n) is 6.07. The number of rotatable bonds is 2. The summed E-state index contributed by atoms with van der Waals surface area (Å²) < 4.78 is 28.4. The zero-order valence-corrected chi connectivity index (χ0v) is 12.1. The van der Waals surface area contributed by atoms with Gasteiger partial charge in [0.15, 0.2) is 0 Å². The molecule has 0 unspecified atom stereocenters. The lowest BCUT2D eigenvalue weighted by atomic mass is 10.0. The molecule has 21 heavy (non-hydrogen) atoms. The Morgan fingerprint density at radius 1 is 1.24 bits per heavy atom. The van der Waals surface area contributed by atoms with Crippen LogP contribution >= 0.6 is 0 Å². The van der Waals surface area contributed by atoms with E-state index in [1.54, 1.807) is 26.0 Å². The quantitative estimate of drug-likeness (QED) is 0.906. The van der Waals surface area contributed by atoms with E-state index in [9.17, 15) is 13.2 Å². The van der Waals surface area contributed by atoms with Crippen molar-refractivity contribution in [3.63, 3.8) is 0 Å². The van der Waals surface area contributed by atoms with Crippen molar-refractivity contribution < 1.29 is 17.8 Å². The van der Waals surface area contributed by atoms with Crippen molar-refractivity contribution in [1.82, 2.24) is 10.3 Å². The molecule has 1 aliphatic heterocycles. The molecule has 0 saturated carbocycles. The second-order valence-corrected chi connectivity index (χ2v) is 6.43. The van der Waals surface area contributed by atoms with Crippen LogP contribution in [0.4, 0.5) is 5.82 Å². The highest BCUT2D eigenvalue weighted by Crippen LogP contribution is 2.31. The molecule has 0 fully saturated rings. The minimum absolute atomic E-state index is 0.171. The normalized spacial score (nSPS) is 15.0. The van der Waals surface area contributed by atoms with E-state index < -0.39 is 15.7 Å². The standard InChI is InChI=1S/C13H11N3O4S/c1-7-10(13(17)14-12-8(2)15-20-16-12)4-3-9-5-6-21(18,19)11(7)9/h3-6H,1-2H3,(H,14,16,17). The average Bonchev–Trinajstić information content (AvgIpc) is 2.94. The lowest BCUT2D eigenvalue weighted by Crippen LogP contribution is -2.15. The van der Waals surface area contributed by atoms with E-state index in [-0.39, 0.29) is 16.3 Å². The third-order valence-electron chi connectivity index (χ3n) is 3.28. The Balaban J connectivity index is 2.02. The highest BCUT2D eigenvalue weighted by atomic mass is 32.2. The van der Waals surface area contributed by atoms with Crippen LogP contribution in [-0.4, -0.2) is 24.6 Å². The summed E-state index contributed by atoms with van der Waals surface area (Å²) in [4.78, 5) is 12.4. The number of anilines is 1. The van der Waals surface area contributed by atoms with Gasteiger partial charge in [-0.25, -0.2) is 13.0 Å². The first-order chi connectivity index (χ1) is 9.90. The van der Waals surface area contributed by atoms with Gasteiger partial charge in [0.1, 0.15) is 5.69 Å². The maximum atomic E-state index is 12.3. The molecular formula is C13H11N3O4S. The van der Waals surface area contributed by atoms with Gasteiger partial charge >= 0.3 is 0 Å². The fourth-order valence-electron chi connectivity index (χ4n) is 2.22. The minimum atomic E-state index is -3.47. The summed E-state index contributed by atoms with van der Waals surface area (Å²) in [7, 11) is -3.47. The molecule has 1 N–H and O–H groups in total. The number of benzene rings is 1. The SMILES string of the molecule is Cc1nonc1NC(=O)c1ccc2c(c1C)S(=O)(=O)C=C2. The molecule has 0 atom stereocenters. The van der Waals surface area contributed by atoms with Crippen LogP contribution in [0.25, 0.3) is 6.08 Å². The van der Waals surface area contributed by atoms with Gasteiger partial charge in [-0.3, -0.25) is 4.79 Å². The Labute approximate surface area is 120 Å². The Kier molecular flexibility index (Phi) is 2.91. The second kappa shape index (κ2) is 4.52. The molecule has 3 rings (SSSR count). The smallest absolute Gasteiger partial charge is 0.257 e. The van der Waals surface area contributed by atoms with Crippen LogP contribution in [-0.2, 0) is 9.84 Å². The summed E-state index contributed by atoms with van der Waals surface area (Å²) in [5.41, 5.74) is 1.70. The van der Waals surface area contributed by atoms with E-state index in [2.05, 4.69) is 20.3 Å². The number of fused-ring (bicyclic) bond motifs is 1. The minimum Gasteiger partial charge on any atom is -0.302 e. The molecule has 1 amide bonds. The van der Waals surface area contributed by atoms with Crippen LogP contribution in [0.3, 0.4) is 0 Å². The van der Waals surface area contributed by atoms with Gasteiger partial charge in [-0.05, 0) is 42.3 Å². The van der Waals surface area contributed by atoms with Crippen LogP contribution in [0.5, 0.6) is 0 Å². The van der Waals surface area contributed by atoms with Gasteiger partial charge in [0.25, 0.3) is 5.91 Å². The lowest BCUT2D eigenvalue weighted by molar-refractivity contribution is 0.102. The number of nitrogens with zero attached hydrogens (tertiary/aromatic N) is 2. The second-order valence-electron chi connectivity index (χ2n) is 4.66. The van der Waals surface area contributed by atoms with Crippen LogP contribution in [0.1, 0.15) is 27.2 Å². The van der Waals surface area contributed by atoms with Crippen molar-refractivity contribution in [1.29, 1.82) is 0 Å². The molecule has 0 bridgehead atoms. The molecule has 0 spiro atoms. The van der Waals surface area contributed by atoms with E-state index >= 15 is 0 Å². The van der Waals surface area contributed by atoms with Crippen molar-refractivity contribution in [3.8, 4) is 0 Å². The monoisotopic (exact) mass is 305 g/mol. The molecule has 7 nitrogen and oxygen atoms in total. The zero-order valence-electron chi connectivity index (χ0n) is 11.2. The number of hydrogen-bond acceptors (Lipinski definition) is 6. The van der Waals surface area contributed by atoms with Gasteiger partial charge in [-0.15, -0.1) is 0 Å². The van der Waals surface area contributed by atoms with Crippen LogP contribution in [0.2, 0.25) is 0 Å². The summed E-state index contributed by atoms with van der Waals surface area (Å²) in [5, 5.41) is 10.8. The van der Waals surface area contributed by atoms with Gasteiger partial charge in [0, 0.05) is 11.0 Å². The number of sulfone groups is 1. The van der Waals surface area contributed by atoms with Crippen molar-refractivity contribution in [3.05, 3.63) is 39.9 Å². The highest BCUT2D eigenvalue weighted by Gasteiger charge is 2.26. The molecule has 2 heterocycles. The molecule has 0 radical (unpaired) electrons. The first kappa shape index (κ1) is 13.5. The number of amides is 1. The molecule has 1 aliphatic rings. The Hall–Kier alpha value is -2.48. The number of nitrogens with one attached hydrogen (secondary N) is 1. The summed E-state index contributed by atoms with van der Waals surface area (Å²) in [6, 6.07) is 3.18. The fraction of sp³-hybridized carbons (Fsp3) is 0.154. The summed E-state index contributed by atoms with van der Waals surface area (Å²) in [6.07, 6.45) is 1.52. The zero-order chi connectivity index (χ0) is 15.2. The predicted octanol–water partition coefficient (Wildman–Crippen LogP) is 1.70. The Bertz CT molecular complexity index is 881. The van der Waals surface area contributed by atoms with Crippen LogP contribution in [0.15, 0.2) is 27.1 Å². The van der Waals surface area contributed by atoms with Gasteiger partial charge < -0.3 is 5.32 Å². The van der Waals surface area contributed by atoms with Crippen molar-refractivity contribution in [2.24, 2.45) is 0 Å². The van der Waals surface area contributed by atoms with Gasteiger partial charge in [0.2, 0.25) is 15.7 Å². The van der Waals surface area contributed by atoms with E-state index in [1.807, 2.05) is 0 Å². The number of aromatic nitrogens is 2. The summed E-state index contributed by atoms with van der Waals surface area (Å²) >= 11 is 0. The molecule has 108 valence electrons. The molecule has 2 aromatic rings. The molecule has 1 aromatic carbocycles. The largest absolute Gasteiger partial charge is 0.302 e. The third-order valence-corrected chi connectivity index (χ3v) is 4.88. The van der Waals surface area contributed by atoms with Gasteiger partial charge in [-0.1, -0.05) is 11.2 Å². The number of aryl methyl sites for hydroxylation is 1. The Morgan fingerprint density at radius 2 is 2.00 bits per heavy atom. The molecule has 0 saturated heterocycles. The molecule has 8 heteroatoms. The highest BCUT2D eigenvalue weighted by molar-refractivity contribution is 7.94. The number of hydrogen-bond donors (Lipinski definition) is 1. The maximum absolute atomic E-state index is 12.3. The molecule has 0 aliphatic carbocycles. The van der Waals surface area contributed by atoms with Gasteiger partial charge in [-0.2, -0.15) is 0 Å². The molecular weight excluding hydrogens is 294 g/mol. The van der Waals surface area contributed by atoms with E-state index in [1.165, 1.54) is 6.08 Å². The first-order valence-corrected chi connectivity index (χ1v) is 7.62. The topological polar surface area (TPSA) is 102 Å². The number of carbonyl (C=O) groups is 1. The van der Waals surface area contributed by atoms with Crippen molar-refractivity contribution in [2.75, 3.05) is 5.32 Å². The summed E-state index contributed by atoms with van der Waals surface area (Å²) in [5.74, 6) is -0.253. The summed E-state index contributed by atoms with van der Waals surface area (Å²) in [6.45, 7) is 3.24. The number of carbonyl (C=O) groups excluding carboxylic acids is 1. The van der Waals surface area contributed by atoms with Crippen molar-refractivity contribution in [2.45, 2.75) is 18.7 Å². The van der Waals surface area contributed by atoms with E-state index in [0.717, 1.165) is 5.41 Å². The van der Waals surface area contributed by atoms with E-state index in [4.69, 9.17) is 0 Å². The van der Waals surface area contributed by atoms with Crippen LogP contribution in [0, 0.1) is 13.8 Å². The lowest BCUT2D eigenvalue weighted by Gasteiger charge is -2.09. The fourth-order valence-corrected chi connectivity index (χ4v) is 3.68.